The number of nitrogens with zero attached hydrogens (tertiary/aromatic N) is 1. The van der Waals surface area contributed by atoms with E-state index >= 15 is 0 Å². The summed E-state index contributed by atoms with van der Waals surface area (Å²) in [6, 6.07) is 19.7. The molecule has 1 aliphatic rings. The van der Waals surface area contributed by atoms with Crippen LogP contribution in [0.1, 0.15) is 5.56 Å². The Kier molecular flexibility index (Phi) is 3.42. The van der Waals surface area contributed by atoms with Crippen molar-refractivity contribution in [3.8, 4) is 0 Å². The quantitative estimate of drug-likeness (QED) is 0.768. The predicted octanol–water partition coefficient (Wildman–Crippen LogP) is 3.50. The van der Waals surface area contributed by atoms with E-state index in [2.05, 4.69) is 97.3 Å². The zero-order valence-electron chi connectivity index (χ0n) is 13.3. The van der Waals surface area contributed by atoms with Crippen molar-refractivity contribution in [2.45, 2.75) is 26.2 Å². The van der Waals surface area contributed by atoms with Crippen molar-refractivity contribution in [3.63, 3.8) is 0 Å². The Bertz CT molecular complexity index is 640. The highest BCUT2D eigenvalue weighted by Gasteiger charge is 2.49. The van der Waals surface area contributed by atoms with Gasteiger partial charge in [0.05, 0.1) is 0 Å². The Morgan fingerprint density at radius 2 is 1.19 bits per heavy atom. The number of benzene rings is 2. The molecule has 0 atom stereocenters. The zero-order valence-corrected chi connectivity index (χ0v) is 15.3. The summed E-state index contributed by atoms with van der Waals surface area (Å²) in [5.41, 5.74) is 1.28. The van der Waals surface area contributed by atoms with E-state index in [9.17, 15) is 0 Å². The van der Waals surface area contributed by atoms with Crippen LogP contribution in [0.5, 0.6) is 0 Å². The summed E-state index contributed by atoms with van der Waals surface area (Å²) in [6.45, 7) is 9.90. The van der Waals surface area contributed by atoms with E-state index in [4.69, 9.17) is 0 Å². The minimum atomic E-state index is -1.57. The smallest absolute Gasteiger partial charge is 0.173 e. The van der Waals surface area contributed by atoms with Crippen LogP contribution in [0.3, 0.4) is 0 Å². The molecule has 1 nitrogen and oxygen atoms in total. The van der Waals surface area contributed by atoms with Crippen LogP contribution in [0, 0.1) is 0 Å². The molecule has 0 N–H and O–H groups in total. The van der Waals surface area contributed by atoms with Gasteiger partial charge in [0.1, 0.15) is 0 Å². The third-order valence-electron chi connectivity index (χ3n) is 4.67. The van der Waals surface area contributed by atoms with Crippen molar-refractivity contribution in [2.24, 2.45) is 0 Å². The molecule has 0 unspecified atom stereocenters. The lowest BCUT2D eigenvalue weighted by molar-refractivity contribution is 0.868. The molecular formula is C18H23NSi2. The van der Waals surface area contributed by atoms with E-state index in [-0.39, 0.29) is 0 Å². The van der Waals surface area contributed by atoms with Gasteiger partial charge < -0.3 is 4.23 Å². The number of fused-ring (bicyclic) bond motifs is 1. The van der Waals surface area contributed by atoms with Crippen LogP contribution in [0.4, 0.5) is 0 Å². The Balaban J connectivity index is 2.02. The average Bonchev–Trinajstić information content (AvgIpc) is 2.62. The molecular weight excluding hydrogens is 286 g/mol. The van der Waals surface area contributed by atoms with Crippen molar-refractivity contribution < 1.29 is 0 Å². The van der Waals surface area contributed by atoms with E-state index in [0.717, 1.165) is 0 Å². The molecule has 0 fully saturated rings. The minimum Gasteiger partial charge on any atom is -0.424 e. The summed E-state index contributed by atoms with van der Waals surface area (Å²) in [5, 5.41) is 3.25. The topological polar surface area (TPSA) is 3.24 Å². The average molecular weight is 310 g/mol. The summed E-state index contributed by atoms with van der Waals surface area (Å²) in [6.07, 6.45) is 4.64. The van der Waals surface area contributed by atoms with Gasteiger partial charge in [0, 0.05) is 0 Å². The highest BCUT2D eigenvalue weighted by Crippen LogP contribution is 2.26. The van der Waals surface area contributed by atoms with Gasteiger partial charge in [-0.05, 0) is 54.4 Å². The van der Waals surface area contributed by atoms with Crippen molar-refractivity contribution in [1.29, 1.82) is 0 Å². The summed E-state index contributed by atoms with van der Waals surface area (Å²) >= 11 is 0. The lowest BCUT2D eigenvalue weighted by Crippen LogP contribution is -2.57. The van der Waals surface area contributed by atoms with Gasteiger partial charge in [0.2, 0.25) is 0 Å². The van der Waals surface area contributed by atoms with E-state index in [0.29, 0.717) is 0 Å². The van der Waals surface area contributed by atoms with Crippen molar-refractivity contribution in [1.82, 2.24) is 4.23 Å². The second kappa shape index (κ2) is 5.00. The first-order chi connectivity index (χ1) is 9.94. The molecule has 21 heavy (non-hydrogen) atoms. The van der Waals surface area contributed by atoms with Crippen LogP contribution >= 0.6 is 0 Å². The van der Waals surface area contributed by atoms with Crippen LogP contribution < -0.4 is 10.4 Å². The molecule has 1 heterocycles. The first-order valence-corrected chi connectivity index (χ1v) is 13.5. The molecule has 2 aromatic rings. The van der Waals surface area contributed by atoms with Crippen LogP contribution in [0.15, 0.2) is 60.8 Å². The molecule has 108 valence electrons. The van der Waals surface area contributed by atoms with Crippen molar-refractivity contribution >= 4 is 32.9 Å². The standard InChI is InChI=1S/C18H23NSi2/c1-20(2)17-12-8-9-13-18(17)21(3,4)19(20)15-14-16-10-6-5-7-11-16/h5-15H,1-4H3/b15-14+. The van der Waals surface area contributed by atoms with Crippen molar-refractivity contribution in [3.05, 3.63) is 66.4 Å². The number of hydrogen-bond acceptors (Lipinski definition) is 1. The maximum absolute atomic E-state index is 2.75. The second-order valence-electron chi connectivity index (χ2n) is 6.76. The largest absolute Gasteiger partial charge is 0.424 e. The molecule has 0 saturated carbocycles. The van der Waals surface area contributed by atoms with Gasteiger partial charge in [0.25, 0.3) is 0 Å². The van der Waals surface area contributed by atoms with Gasteiger partial charge in [0.15, 0.2) is 16.5 Å². The normalized spacial score (nSPS) is 19.0. The monoisotopic (exact) mass is 309 g/mol. The Labute approximate surface area is 130 Å². The third-order valence-corrected chi connectivity index (χ3v) is 14.5. The van der Waals surface area contributed by atoms with Gasteiger partial charge in [-0.2, -0.15) is 0 Å². The maximum Gasteiger partial charge on any atom is 0.173 e. The molecule has 0 aliphatic carbocycles. The van der Waals surface area contributed by atoms with Gasteiger partial charge in [-0.25, -0.2) is 0 Å². The fourth-order valence-electron chi connectivity index (χ4n) is 3.61. The number of rotatable bonds is 2. The molecule has 2 aromatic carbocycles. The van der Waals surface area contributed by atoms with E-state index in [1.807, 2.05) is 0 Å². The molecule has 0 aromatic heterocycles. The molecule has 0 saturated heterocycles. The van der Waals surface area contributed by atoms with Gasteiger partial charge in [-0.1, -0.05) is 54.6 Å². The van der Waals surface area contributed by atoms with Gasteiger partial charge in [-0.3, -0.25) is 0 Å². The Morgan fingerprint density at radius 1 is 0.714 bits per heavy atom. The zero-order chi connectivity index (χ0) is 15.1. The highest BCUT2D eigenvalue weighted by atomic mass is 28.4. The third kappa shape index (κ3) is 2.30. The second-order valence-corrected chi connectivity index (χ2v) is 15.5. The first-order valence-electron chi connectivity index (χ1n) is 7.57. The van der Waals surface area contributed by atoms with Crippen LogP contribution in [0.2, 0.25) is 26.2 Å². The SMILES string of the molecule is C[Si]1(C)c2ccccc2[Si](C)(C)N1/C=C/c1ccccc1. The van der Waals surface area contributed by atoms with Gasteiger partial charge in [-0.15, -0.1) is 0 Å². The molecule has 1 aliphatic heterocycles. The van der Waals surface area contributed by atoms with E-state index in [1.165, 1.54) is 5.56 Å². The molecule has 3 rings (SSSR count). The lowest BCUT2D eigenvalue weighted by atomic mass is 10.2. The first kappa shape index (κ1) is 14.4. The minimum absolute atomic E-state index is 1.28. The summed E-state index contributed by atoms with van der Waals surface area (Å²) < 4.78 is 2.75. The summed E-state index contributed by atoms with van der Waals surface area (Å²) in [5.74, 6) is 0. The van der Waals surface area contributed by atoms with Crippen molar-refractivity contribution in [2.75, 3.05) is 0 Å². The molecule has 3 heteroatoms. The molecule has 0 spiro atoms. The Hall–Kier alpha value is -1.59. The lowest BCUT2D eigenvalue weighted by Gasteiger charge is -2.38. The van der Waals surface area contributed by atoms with Crippen LogP contribution in [-0.2, 0) is 0 Å². The van der Waals surface area contributed by atoms with E-state index < -0.39 is 16.5 Å². The highest BCUT2D eigenvalue weighted by molar-refractivity contribution is 7.10. The fraction of sp³-hybridized carbons (Fsp3) is 0.222. The molecule has 0 amide bonds. The number of hydrogen-bond donors (Lipinski definition) is 0. The molecule has 0 radical (unpaired) electrons. The predicted molar refractivity (Wildman–Crippen MR) is 98.0 cm³/mol. The fourth-order valence-corrected chi connectivity index (χ4v) is 15.7. The van der Waals surface area contributed by atoms with Crippen LogP contribution in [-0.4, -0.2) is 20.7 Å². The Morgan fingerprint density at radius 3 is 1.71 bits per heavy atom. The van der Waals surface area contributed by atoms with Gasteiger partial charge >= 0.3 is 0 Å². The van der Waals surface area contributed by atoms with Crippen LogP contribution in [0.25, 0.3) is 6.08 Å². The van der Waals surface area contributed by atoms with E-state index in [1.54, 1.807) is 10.4 Å². The summed E-state index contributed by atoms with van der Waals surface area (Å²) in [7, 11) is -3.14. The molecule has 0 bridgehead atoms. The summed E-state index contributed by atoms with van der Waals surface area (Å²) in [4.78, 5) is 0. The maximum atomic E-state index is 2.75.